The highest BCUT2D eigenvalue weighted by molar-refractivity contribution is 6.01. The second-order valence-corrected chi connectivity index (χ2v) is 4.43. The summed E-state index contributed by atoms with van der Waals surface area (Å²) in [6, 6.07) is 8.82. The lowest BCUT2D eigenvalue weighted by molar-refractivity contribution is 0.452. The molecule has 0 radical (unpaired) electrons. The number of hydrogen-bond donors (Lipinski definition) is 3. The lowest BCUT2D eigenvalue weighted by Gasteiger charge is -2.03. The number of pyridine rings is 1. The van der Waals surface area contributed by atoms with Gasteiger partial charge in [0.1, 0.15) is 0 Å². The molecule has 6 heteroatoms. The first-order chi connectivity index (χ1) is 9.65. The maximum absolute atomic E-state index is 11.8. The molecule has 0 aliphatic rings. The summed E-state index contributed by atoms with van der Waals surface area (Å²) in [4.78, 5) is 18.3. The molecule has 0 saturated heterocycles. The van der Waals surface area contributed by atoms with Crippen LogP contribution in [-0.4, -0.2) is 26.5 Å². The van der Waals surface area contributed by atoms with Gasteiger partial charge in [-0.1, -0.05) is 18.2 Å². The minimum atomic E-state index is -0.328. The van der Waals surface area contributed by atoms with E-state index in [0.717, 1.165) is 5.69 Å². The number of aromatic hydroxyl groups is 1. The van der Waals surface area contributed by atoms with Gasteiger partial charge in [0.25, 0.3) is 5.56 Å². The fourth-order valence-electron chi connectivity index (χ4n) is 2.02. The van der Waals surface area contributed by atoms with Crippen LogP contribution in [-0.2, 0) is 0 Å². The highest BCUT2D eigenvalue weighted by Crippen LogP contribution is 2.21. The smallest absolute Gasteiger partial charge is 0.258 e. The van der Waals surface area contributed by atoms with Crippen LogP contribution in [0, 0.1) is 6.92 Å². The van der Waals surface area contributed by atoms with Crippen LogP contribution in [0.2, 0.25) is 0 Å². The van der Waals surface area contributed by atoms with Crippen molar-refractivity contribution in [3.05, 3.63) is 51.9 Å². The summed E-state index contributed by atoms with van der Waals surface area (Å²) < 4.78 is 0. The van der Waals surface area contributed by atoms with Crippen LogP contribution < -0.4 is 5.56 Å². The molecular weight excluding hydrogens is 256 g/mol. The molecule has 0 spiro atoms. The molecule has 100 valence electrons. The van der Waals surface area contributed by atoms with E-state index in [9.17, 15) is 9.90 Å². The fraction of sp³-hybridized carbons (Fsp3) is 0.0714. The second-order valence-electron chi connectivity index (χ2n) is 4.43. The molecule has 2 aromatic heterocycles. The number of aryl methyl sites for hydroxylation is 1. The first kappa shape index (κ1) is 12.2. The van der Waals surface area contributed by atoms with E-state index in [1.807, 2.05) is 6.92 Å². The molecule has 0 aliphatic heterocycles. The van der Waals surface area contributed by atoms with Crippen molar-refractivity contribution in [2.45, 2.75) is 6.92 Å². The molecule has 3 N–H and O–H groups in total. The van der Waals surface area contributed by atoms with Crippen molar-refractivity contribution >= 4 is 22.8 Å². The third-order valence-electron chi connectivity index (χ3n) is 2.97. The molecule has 20 heavy (non-hydrogen) atoms. The highest BCUT2D eigenvalue weighted by Gasteiger charge is 2.08. The molecule has 0 amide bonds. The maximum Gasteiger partial charge on any atom is 0.258 e. The number of aromatic nitrogens is 3. The van der Waals surface area contributed by atoms with Gasteiger partial charge >= 0.3 is 0 Å². The largest absolute Gasteiger partial charge is 0.494 e. The zero-order valence-corrected chi connectivity index (χ0v) is 10.7. The predicted molar refractivity (Wildman–Crippen MR) is 76.8 cm³/mol. The van der Waals surface area contributed by atoms with E-state index in [1.165, 1.54) is 6.21 Å². The molecule has 0 bridgehead atoms. The number of fused-ring (bicyclic) bond motifs is 1. The number of H-pyrrole nitrogens is 2. The Morgan fingerprint density at radius 3 is 2.75 bits per heavy atom. The normalized spacial score (nSPS) is 11.4. The molecule has 0 aliphatic carbocycles. The van der Waals surface area contributed by atoms with Gasteiger partial charge < -0.3 is 5.11 Å². The summed E-state index contributed by atoms with van der Waals surface area (Å²) in [7, 11) is 0. The van der Waals surface area contributed by atoms with E-state index in [1.54, 1.807) is 30.3 Å². The molecular formula is C14H12N4O2. The molecule has 1 aromatic carbocycles. The Balaban J connectivity index is 2.16. The van der Waals surface area contributed by atoms with Crippen LogP contribution in [0.15, 0.2) is 40.1 Å². The standard InChI is InChI=1S/C14H12N4O2/c1-8-6-12(18-17-8)15-7-11-9-4-2-3-5-10(9)13(19)16-14(11)20/h2-7H,1H3,(H,17,18)(H2,16,19,20). The van der Waals surface area contributed by atoms with Crippen molar-refractivity contribution in [3.63, 3.8) is 0 Å². The molecule has 3 rings (SSSR count). The lowest BCUT2D eigenvalue weighted by Crippen LogP contribution is -2.07. The van der Waals surface area contributed by atoms with E-state index in [-0.39, 0.29) is 11.4 Å². The van der Waals surface area contributed by atoms with Crippen molar-refractivity contribution in [1.29, 1.82) is 0 Å². The summed E-state index contributed by atoms with van der Waals surface area (Å²) in [5.74, 6) is 0.307. The van der Waals surface area contributed by atoms with Gasteiger partial charge in [-0.3, -0.25) is 14.9 Å². The molecule has 2 heterocycles. The molecule has 0 fully saturated rings. The number of nitrogens with one attached hydrogen (secondary N) is 2. The number of benzene rings is 1. The highest BCUT2D eigenvalue weighted by atomic mass is 16.3. The van der Waals surface area contributed by atoms with Crippen molar-refractivity contribution in [2.24, 2.45) is 4.99 Å². The van der Waals surface area contributed by atoms with Crippen LogP contribution in [0.4, 0.5) is 5.82 Å². The summed E-state index contributed by atoms with van der Waals surface area (Å²) >= 11 is 0. The Bertz CT molecular complexity index is 861. The minimum absolute atomic E-state index is 0.204. The molecule has 0 saturated carbocycles. The molecule has 3 aromatic rings. The van der Waals surface area contributed by atoms with E-state index in [0.29, 0.717) is 22.2 Å². The van der Waals surface area contributed by atoms with E-state index < -0.39 is 0 Å². The summed E-state index contributed by atoms with van der Waals surface area (Å²) in [6.07, 6.45) is 1.49. The summed E-state index contributed by atoms with van der Waals surface area (Å²) in [6.45, 7) is 1.87. The topological polar surface area (TPSA) is 94.1 Å². The zero-order valence-electron chi connectivity index (χ0n) is 10.7. The Morgan fingerprint density at radius 2 is 2.05 bits per heavy atom. The Kier molecular flexibility index (Phi) is 2.83. The van der Waals surface area contributed by atoms with Crippen LogP contribution in [0.5, 0.6) is 5.88 Å². The Labute approximate surface area is 113 Å². The summed E-state index contributed by atoms with van der Waals surface area (Å²) in [5.41, 5.74) is 1.03. The van der Waals surface area contributed by atoms with Crippen LogP contribution in [0.1, 0.15) is 11.3 Å². The van der Waals surface area contributed by atoms with Gasteiger partial charge in [-0.15, -0.1) is 0 Å². The van der Waals surface area contributed by atoms with Crippen LogP contribution in [0.3, 0.4) is 0 Å². The fourth-order valence-corrected chi connectivity index (χ4v) is 2.02. The van der Waals surface area contributed by atoms with Crippen molar-refractivity contribution in [3.8, 4) is 5.88 Å². The van der Waals surface area contributed by atoms with Gasteiger partial charge in [-0.05, 0) is 13.0 Å². The average molecular weight is 268 g/mol. The SMILES string of the molecule is Cc1cc(N=Cc2c(O)[nH]c(=O)c3ccccc23)n[nH]1. The van der Waals surface area contributed by atoms with E-state index in [4.69, 9.17) is 0 Å². The summed E-state index contributed by atoms with van der Waals surface area (Å²) in [5, 5.41) is 17.8. The monoisotopic (exact) mass is 268 g/mol. The van der Waals surface area contributed by atoms with E-state index in [2.05, 4.69) is 20.2 Å². The van der Waals surface area contributed by atoms with Gasteiger partial charge in [-0.25, -0.2) is 4.99 Å². The third kappa shape index (κ3) is 2.07. The second kappa shape index (κ2) is 4.65. The molecule has 0 atom stereocenters. The molecule has 6 nitrogen and oxygen atoms in total. The minimum Gasteiger partial charge on any atom is -0.494 e. The number of hydrogen-bond acceptors (Lipinski definition) is 4. The zero-order chi connectivity index (χ0) is 14.1. The Hall–Kier alpha value is -2.89. The van der Waals surface area contributed by atoms with Gasteiger partial charge in [0, 0.05) is 28.7 Å². The molecule has 0 unspecified atom stereocenters. The van der Waals surface area contributed by atoms with Crippen LogP contribution in [0.25, 0.3) is 10.8 Å². The third-order valence-corrected chi connectivity index (χ3v) is 2.97. The number of aromatic amines is 2. The van der Waals surface area contributed by atoms with E-state index >= 15 is 0 Å². The lowest BCUT2D eigenvalue weighted by atomic mass is 10.1. The first-order valence-electron chi connectivity index (χ1n) is 6.05. The van der Waals surface area contributed by atoms with Crippen LogP contribution >= 0.6 is 0 Å². The van der Waals surface area contributed by atoms with Gasteiger partial charge in [0.2, 0.25) is 5.88 Å². The average Bonchev–Trinajstić information content (AvgIpc) is 2.84. The first-order valence-corrected chi connectivity index (χ1v) is 6.05. The van der Waals surface area contributed by atoms with Crippen molar-refractivity contribution < 1.29 is 5.11 Å². The quantitative estimate of drug-likeness (QED) is 0.620. The van der Waals surface area contributed by atoms with Crippen molar-refractivity contribution in [2.75, 3.05) is 0 Å². The number of aliphatic imine (C=N–C) groups is 1. The Morgan fingerprint density at radius 1 is 1.30 bits per heavy atom. The van der Waals surface area contributed by atoms with Crippen molar-refractivity contribution in [1.82, 2.24) is 15.2 Å². The number of nitrogens with zero attached hydrogens (tertiary/aromatic N) is 2. The van der Waals surface area contributed by atoms with Gasteiger partial charge in [0.05, 0.1) is 5.56 Å². The van der Waals surface area contributed by atoms with Gasteiger partial charge in [0.15, 0.2) is 5.82 Å². The van der Waals surface area contributed by atoms with Gasteiger partial charge in [-0.2, -0.15) is 5.10 Å². The number of rotatable bonds is 2. The predicted octanol–water partition coefficient (Wildman–Crippen LogP) is 2.02. The maximum atomic E-state index is 11.8.